The minimum Gasteiger partial charge on any atom is -0.443 e. The highest BCUT2D eigenvalue weighted by Crippen LogP contribution is 2.32. The number of hydrogen-bond donors (Lipinski definition) is 1. The van der Waals surface area contributed by atoms with Gasteiger partial charge >= 0.3 is 0 Å². The minimum absolute atomic E-state index is 0.111. The molecule has 0 spiro atoms. The van der Waals surface area contributed by atoms with Crippen LogP contribution in [0, 0.1) is 5.82 Å². The highest BCUT2D eigenvalue weighted by molar-refractivity contribution is 5.77. The Morgan fingerprint density at radius 2 is 1.70 bits per heavy atom. The first-order valence-corrected chi connectivity index (χ1v) is 8.68. The zero-order valence-electron chi connectivity index (χ0n) is 14.8. The number of pyridine rings is 1. The normalized spacial score (nSPS) is 11.9. The Balaban J connectivity index is 1.62. The number of rotatable bonds is 5. The van der Waals surface area contributed by atoms with Crippen LogP contribution >= 0.6 is 0 Å². The van der Waals surface area contributed by atoms with E-state index in [9.17, 15) is 4.39 Å². The predicted octanol–water partition coefficient (Wildman–Crippen LogP) is 5.72. The molecule has 1 N–H and O–H groups in total. The molecule has 0 aliphatic rings. The van der Waals surface area contributed by atoms with Gasteiger partial charge in [0.2, 0.25) is 0 Å². The minimum atomic E-state index is -0.283. The molecule has 0 fully saturated rings. The summed E-state index contributed by atoms with van der Waals surface area (Å²) >= 11 is 0. The van der Waals surface area contributed by atoms with Crippen LogP contribution in [0.15, 0.2) is 83.7 Å². The van der Waals surface area contributed by atoms with Crippen molar-refractivity contribution in [2.75, 3.05) is 5.32 Å². The SMILES string of the molecule is CC(Nc1cc(-c2ocnc2-c2ccc(F)cc2)ccn1)c1ccccc1. The highest BCUT2D eigenvalue weighted by atomic mass is 19.1. The first-order chi connectivity index (χ1) is 13.2. The molecule has 0 bridgehead atoms. The zero-order chi connectivity index (χ0) is 18.6. The third-order valence-corrected chi connectivity index (χ3v) is 4.37. The molecule has 1 atom stereocenters. The number of oxazole rings is 1. The van der Waals surface area contributed by atoms with E-state index >= 15 is 0 Å². The van der Waals surface area contributed by atoms with Crippen molar-refractivity contribution >= 4 is 5.82 Å². The standard InChI is InChI=1S/C22H18FN3O/c1-15(16-5-3-2-4-6-16)26-20-13-18(11-12-24-20)22-21(25-14-27-22)17-7-9-19(23)10-8-17/h2-15H,1H3,(H,24,26). The van der Waals surface area contributed by atoms with Crippen LogP contribution in [0.4, 0.5) is 10.2 Å². The van der Waals surface area contributed by atoms with E-state index in [4.69, 9.17) is 4.42 Å². The van der Waals surface area contributed by atoms with Gasteiger partial charge in [-0.2, -0.15) is 0 Å². The molecule has 0 radical (unpaired) electrons. The van der Waals surface area contributed by atoms with E-state index in [1.807, 2.05) is 30.3 Å². The molecule has 5 heteroatoms. The van der Waals surface area contributed by atoms with Gasteiger partial charge in [-0.15, -0.1) is 0 Å². The van der Waals surface area contributed by atoms with Gasteiger partial charge in [0.1, 0.15) is 17.3 Å². The van der Waals surface area contributed by atoms with Crippen LogP contribution in [0.2, 0.25) is 0 Å². The quantitative estimate of drug-likeness (QED) is 0.495. The number of hydrogen-bond acceptors (Lipinski definition) is 4. The molecule has 0 aliphatic carbocycles. The summed E-state index contributed by atoms with van der Waals surface area (Å²) in [5, 5.41) is 3.40. The molecule has 0 amide bonds. The summed E-state index contributed by atoms with van der Waals surface area (Å²) < 4.78 is 18.8. The smallest absolute Gasteiger partial charge is 0.182 e. The summed E-state index contributed by atoms with van der Waals surface area (Å²) in [7, 11) is 0. The van der Waals surface area contributed by atoms with Gasteiger partial charge in [-0.1, -0.05) is 30.3 Å². The van der Waals surface area contributed by atoms with Gasteiger partial charge in [0.25, 0.3) is 0 Å². The van der Waals surface area contributed by atoms with Crippen LogP contribution in [0.3, 0.4) is 0 Å². The van der Waals surface area contributed by atoms with Crippen LogP contribution in [0.1, 0.15) is 18.5 Å². The monoisotopic (exact) mass is 359 g/mol. The molecular formula is C22H18FN3O. The average molecular weight is 359 g/mol. The summed E-state index contributed by atoms with van der Waals surface area (Å²) in [6, 6.07) is 20.3. The number of aromatic nitrogens is 2. The van der Waals surface area contributed by atoms with Crippen LogP contribution in [0.25, 0.3) is 22.6 Å². The Bertz CT molecular complexity index is 1030. The molecule has 134 valence electrons. The average Bonchev–Trinajstić information content (AvgIpc) is 3.19. The number of benzene rings is 2. The maximum Gasteiger partial charge on any atom is 0.182 e. The molecular weight excluding hydrogens is 341 g/mol. The number of halogens is 1. The van der Waals surface area contributed by atoms with Gasteiger partial charge in [0.15, 0.2) is 12.2 Å². The molecule has 1 unspecified atom stereocenters. The molecule has 4 aromatic rings. The fourth-order valence-corrected chi connectivity index (χ4v) is 2.96. The largest absolute Gasteiger partial charge is 0.443 e. The van der Waals surface area contributed by atoms with Gasteiger partial charge in [-0.3, -0.25) is 0 Å². The molecule has 4 rings (SSSR count). The lowest BCUT2D eigenvalue weighted by atomic mass is 10.1. The van der Waals surface area contributed by atoms with Crippen molar-refractivity contribution < 1.29 is 8.81 Å². The van der Waals surface area contributed by atoms with Crippen molar-refractivity contribution in [1.29, 1.82) is 0 Å². The van der Waals surface area contributed by atoms with Crippen molar-refractivity contribution in [2.24, 2.45) is 0 Å². The lowest BCUT2D eigenvalue weighted by Gasteiger charge is -2.15. The molecule has 0 saturated heterocycles. The van der Waals surface area contributed by atoms with Crippen LogP contribution in [0.5, 0.6) is 0 Å². The Kier molecular flexibility index (Phi) is 4.66. The fourth-order valence-electron chi connectivity index (χ4n) is 2.96. The Morgan fingerprint density at radius 1 is 0.926 bits per heavy atom. The summed E-state index contributed by atoms with van der Waals surface area (Å²) in [6.45, 7) is 2.09. The predicted molar refractivity (Wildman–Crippen MR) is 104 cm³/mol. The van der Waals surface area contributed by atoms with Crippen molar-refractivity contribution in [3.63, 3.8) is 0 Å². The van der Waals surface area contributed by atoms with Gasteiger partial charge in [0.05, 0.1) is 0 Å². The number of anilines is 1. The third kappa shape index (κ3) is 3.72. The number of nitrogens with one attached hydrogen (secondary N) is 1. The van der Waals surface area contributed by atoms with Crippen LogP contribution in [-0.2, 0) is 0 Å². The van der Waals surface area contributed by atoms with Gasteiger partial charge in [-0.05, 0) is 48.9 Å². The topological polar surface area (TPSA) is 51.0 Å². The molecule has 4 nitrogen and oxygen atoms in total. The van der Waals surface area contributed by atoms with Crippen molar-refractivity contribution in [3.8, 4) is 22.6 Å². The summed E-state index contributed by atoms with van der Waals surface area (Å²) in [5.41, 5.74) is 3.49. The van der Waals surface area contributed by atoms with Crippen molar-refractivity contribution in [2.45, 2.75) is 13.0 Å². The maximum absolute atomic E-state index is 13.2. The Hall–Kier alpha value is -3.47. The highest BCUT2D eigenvalue weighted by Gasteiger charge is 2.14. The molecule has 0 saturated carbocycles. The van der Waals surface area contributed by atoms with Crippen LogP contribution in [-0.4, -0.2) is 9.97 Å². The lowest BCUT2D eigenvalue weighted by molar-refractivity contribution is 0.572. The van der Waals surface area contributed by atoms with Gasteiger partial charge in [0, 0.05) is 23.4 Å². The van der Waals surface area contributed by atoms with E-state index in [0.29, 0.717) is 11.5 Å². The molecule has 2 heterocycles. The fraction of sp³-hybridized carbons (Fsp3) is 0.0909. The maximum atomic E-state index is 13.2. The van der Waals surface area contributed by atoms with E-state index in [1.165, 1.54) is 24.1 Å². The first-order valence-electron chi connectivity index (χ1n) is 8.68. The Morgan fingerprint density at radius 3 is 2.48 bits per heavy atom. The van der Waals surface area contributed by atoms with E-state index in [0.717, 1.165) is 16.9 Å². The van der Waals surface area contributed by atoms with E-state index in [2.05, 4.69) is 34.3 Å². The second-order valence-electron chi connectivity index (χ2n) is 6.24. The third-order valence-electron chi connectivity index (χ3n) is 4.37. The van der Waals surface area contributed by atoms with Crippen molar-refractivity contribution in [3.05, 3.63) is 90.7 Å². The van der Waals surface area contributed by atoms with E-state index < -0.39 is 0 Å². The molecule has 2 aromatic carbocycles. The second kappa shape index (κ2) is 7.41. The molecule has 0 aliphatic heterocycles. The van der Waals surface area contributed by atoms with Gasteiger partial charge in [-0.25, -0.2) is 14.4 Å². The first kappa shape index (κ1) is 17.0. The molecule has 27 heavy (non-hydrogen) atoms. The number of nitrogens with zero attached hydrogens (tertiary/aromatic N) is 2. The van der Waals surface area contributed by atoms with E-state index in [-0.39, 0.29) is 11.9 Å². The van der Waals surface area contributed by atoms with Crippen molar-refractivity contribution in [1.82, 2.24) is 9.97 Å². The summed E-state index contributed by atoms with van der Waals surface area (Å²) in [4.78, 5) is 8.71. The lowest BCUT2D eigenvalue weighted by Crippen LogP contribution is -2.07. The van der Waals surface area contributed by atoms with Crippen LogP contribution < -0.4 is 5.32 Å². The second-order valence-corrected chi connectivity index (χ2v) is 6.24. The van der Waals surface area contributed by atoms with Gasteiger partial charge < -0.3 is 9.73 Å². The summed E-state index contributed by atoms with van der Waals surface area (Å²) in [5.74, 6) is 1.08. The molecule has 2 aromatic heterocycles. The van der Waals surface area contributed by atoms with E-state index in [1.54, 1.807) is 18.3 Å². The Labute approximate surface area is 156 Å². The zero-order valence-corrected chi connectivity index (χ0v) is 14.8. The summed E-state index contributed by atoms with van der Waals surface area (Å²) in [6.07, 6.45) is 3.13.